The Morgan fingerprint density at radius 3 is 3.08 bits per heavy atom. The Balaban J connectivity index is 2.40. The predicted molar refractivity (Wildman–Crippen MR) is 48.9 cm³/mol. The number of fused-ring (bicyclic) bond motifs is 1. The molecule has 0 fully saturated rings. The van der Waals surface area contributed by atoms with E-state index in [1.807, 2.05) is 12.1 Å². The molecule has 1 atom stereocenters. The third-order valence-electron chi connectivity index (χ3n) is 2.47. The zero-order valence-corrected chi connectivity index (χ0v) is 7.21. The van der Waals surface area contributed by atoms with Crippen LogP contribution in [0.2, 0.25) is 0 Å². The Labute approximate surface area is 72.3 Å². The number of methoxy groups -OCH3 is 1. The van der Waals surface area contributed by atoms with E-state index in [1.165, 1.54) is 11.1 Å². The van der Waals surface area contributed by atoms with Gasteiger partial charge in [0.1, 0.15) is 0 Å². The van der Waals surface area contributed by atoms with Gasteiger partial charge in [0, 0.05) is 12.8 Å². The molecule has 2 N–H and O–H groups in total. The van der Waals surface area contributed by atoms with Gasteiger partial charge < -0.3 is 10.5 Å². The summed E-state index contributed by atoms with van der Waals surface area (Å²) in [6.45, 7) is 0. The minimum atomic E-state index is 0.292. The number of aryl methyl sites for hydroxylation is 1. The number of hydrogen-bond donors (Lipinski definition) is 1. The van der Waals surface area contributed by atoms with Crippen molar-refractivity contribution in [2.24, 2.45) is 0 Å². The van der Waals surface area contributed by atoms with Gasteiger partial charge in [-0.2, -0.15) is 0 Å². The summed E-state index contributed by atoms with van der Waals surface area (Å²) in [5.41, 5.74) is 9.19. The second-order valence-corrected chi connectivity index (χ2v) is 3.22. The van der Waals surface area contributed by atoms with Gasteiger partial charge in [-0.15, -0.1) is 0 Å². The van der Waals surface area contributed by atoms with Crippen LogP contribution in [0.1, 0.15) is 23.7 Å². The van der Waals surface area contributed by atoms with Crippen LogP contribution in [0.4, 0.5) is 5.69 Å². The molecule has 0 spiro atoms. The molecule has 1 aromatic rings. The number of benzene rings is 1. The van der Waals surface area contributed by atoms with E-state index in [9.17, 15) is 0 Å². The number of ether oxygens (including phenoxy) is 1. The molecule has 12 heavy (non-hydrogen) atoms. The molecule has 1 unspecified atom stereocenters. The average molecular weight is 163 g/mol. The molecule has 0 bridgehead atoms. The van der Waals surface area contributed by atoms with Crippen molar-refractivity contribution in [1.29, 1.82) is 0 Å². The van der Waals surface area contributed by atoms with Gasteiger partial charge in [-0.25, -0.2) is 0 Å². The normalized spacial score (nSPS) is 20.9. The molecule has 1 aromatic carbocycles. The fraction of sp³-hybridized carbons (Fsp3) is 0.400. The van der Waals surface area contributed by atoms with E-state index in [0.717, 1.165) is 18.5 Å². The van der Waals surface area contributed by atoms with E-state index in [4.69, 9.17) is 10.5 Å². The van der Waals surface area contributed by atoms with Gasteiger partial charge in [0.15, 0.2) is 0 Å². The first-order valence-corrected chi connectivity index (χ1v) is 4.22. The summed E-state index contributed by atoms with van der Waals surface area (Å²) in [6.07, 6.45) is 2.48. The molecule has 0 aromatic heterocycles. The van der Waals surface area contributed by atoms with E-state index in [0.29, 0.717) is 6.10 Å². The van der Waals surface area contributed by atoms with Crippen LogP contribution in [0.5, 0.6) is 0 Å². The van der Waals surface area contributed by atoms with Crippen LogP contribution in [0.3, 0.4) is 0 Å². The van der Waals surface area contributed by atoms with Gasteiger partial charge in [-0.3, -0.25) is 0 Å². The number of nitrogen functional groups attached to an aromatic ring is 1. The van der Waals surface area contributed by atoms with E-state index in [1.54, 1.807) is 7.11 Å². The topological polar surface area (TPSA) is 35.2 Å². The fourth-order valence-corrected chi connectivity index (χ4v) is 1.84. The molecule has 2 heteroatoms. The molecule has 0 saturated carbocycles. The van der Waals surface area contributed by atoms with Crippen molar-refractivity contribution < 1.29 is 4.74 Å². The summed E-state index contributed by atoms with van der Waals surface area (Å²) >= 11 is 0. The highest BCUT2D eigenvalue weighted by Gasteiger charge is 2.21. The van der Waals surface area contributed by atoms with Gasteiger partial charge in [0.25, 0.3) is 0 Å². The third kappa shape index (κ3) is 1.08. The summed E-state index contributed by atoms with van der Waals surface area (Å²) in [5, 5.41) is 0. The molecule has 0 radical (unpaired) electrons. The lowest BCUT2D eigenvalue weighted by Crippen LogP contribution is -1.95. The largest absolute Gasteiger partial charge is 0.399 e. The van der Waals surface area contributed by atoms with Gasteiger partial charge in [-0.05, 0) is 36.1 Å². The van der Waals surface area contributed by atoms with Gasteiger partial charge in [0.05, 0.1) is 6.10 Å². The molecule has 64 valence electrons. The van der Waals surface area contributed by atoms with Gasteiger partial charge in [0.2, 0.25) is 0 Å². The first-order chi connectivity index (χ1) is 5.81. The number of hydrogen-bond acceptors (Lipinski definition) is 2. The third-order valence-corrected chi connectivity index (χ3v) is 2.47. The smallest absolute Gasteiger partial charge is 0.0827 e. The summed E-state index contributed by atoms with van der Waals surface area (Å²) in [5.74, 6) is 0. The minimum absolute atomic E-state index is 0.292. The molecular weight excluding hydrogens is 150 g/mol. The highest BCUT2D eigenvalue weighted by atomic mass is 16.5. The standard InChI is InChI=1S/C10H13NO/c1-12-10-5-2-7-6-8(11)3-4-9(7)10/h3-4,6,10H,2,5,11H2,1H3. The van der Waals surface area contributed by atoms with Crippen LogP contribution in [0.15, 0.2) is 18.2 Å². The van der Waals surface area contributed by atoms with Crippen LogP contribution in [0, 0.1) is 0 Å². The lowest BCUT2D eigenvalue weighted by atomic mass is 10.1. The number of rotatable bonds is 1. The number of anilines is 1. The average Bonchev–Trinajstić information content (AvgIpc) is 2.46. The lowest BCUT2D eigenvalue weighted by molar-refractivity contribution is 0.105. The van der Waals surface area contributed by atoms with Gasteiger partial charge >= 0.3 is 0 Å². The molecule has 0 heterocycles. The second kappa shape index (κ2) is 2.79. The number of nitrogens with two attached hydrogens (primary N) is 1. The van der Waals surface area contributed by atoms with Crippen molar-refractivity contribution >= 4 is 5.69 Å². The Morgan fingerprint density at radius 2 is 2.33 bits per heavy atom. The second-order valence-electron chi connectivity index (χ2n) is 3.22. The minimum Gasteiger partial charge on any atom is -0.399 e. The Hall–Kier alpha value is -1.02. The Bertz CT molecular complexity index is 296. The summed E-state index contributed by atoms with van der Waals surface area (Å²) in [7, 11) is 1.76. The van der Waals surface area contributed by atoms with Crippen LogP contribution >= 0.6 is 0 Å². The zero-order valence-electron chi connectivity index (χ0n) is 7.21. The maximum absolute atomic E-state index is 5.68. The summed E-state index contributed by atoms with van der Waals surface area (Å²) in [4.78, 5) is 0. The van der Waals surface area contributed by atoms with Crippen LogP contribution in [-0.4, -0.2) is 7.11 Å². The van der Waals surface area contributed by atoms with Gasteiger partial charge in [-0.1, -0.05) is 6.07 Å². The Morgan fingerprint density at radius 1 is 1.50 bits per heavy atom. The van der Waals surface area contributed by atoms with E-state index < -0.39 is 0 Å². The van der Waals surface area contributed by atoms with E-state index in [2.05, 4.69) is 6.07 Å². The van der Waals surface area contributed by atoms with Crippen LogP contribution in [-0.2, 0) is 11.2 Å². The fourth-order valence-electron chi connectivity index (χ4n) is 1.84. The van der Waals surface area contributed by atoms with Crippen molar-refractivity contribution in [3.05, 3.63) is 29.3 Å². The van der Waals surface area contributed by atoms with Crippen molar-refractivity contribution in [2.75, 3.05) is 12.8 Å². The maximum Gasteiger partial charge on any atom is 0.0827 e. The first-order valence-electron chi connectivity index (χ1n) is 4.22. The van der Waals surface area contributed by atoms with Crippen molar-refractivity contribution in [1.82, 2.24) is 0 Å². The molecular formula is C10H13NO. The highest BCUT2D eigenvalue weighted by molar-refractivity contribution is 5.47. The summed E-state index contributed by atoms with van der Waals surface area (Å²) < 4.78 is 5.34. The van der Waals surface area contributed by atoms with E-state index in [-0.39, 0.29) is 0 Å². The molecule has 1 aliphatic carbocycles. The van der Waals surface area contributed by atoms with E-state index >= 15 is 0 Å². The Kier molecular flexibility index (Phi) is 1.77. The molecule has 2 rings (SSSR count). The van der Waals surface area contributed by atoms with Crippen molar-refractivity contribution in [2.45, 2.75) is 18.9 Å². The first kappa shape index (κ1) is 7.62. The zero-order chi connectivity index (χ0) is 8.55. The molecule has 0 saturated heterocycles. The SMILES string of the molecule is COC1CCc2cc(N)ccc21. The van der Waals surface area contributed by atoms with Crippen molar-refractivity contribution in [3.8, 4) is 0 Å². The molecule has 1 aliphatic rings. The maximum atomic E-state index is 5.68. The van der Waals surface area contributed by atoms with Crippen LogP contribution < -0.4 is 5.73 Å². The summed E-state index contributed by atoms with van der Waals surface area (Å²) in [6, 6.07) is 6.07. The highest BCUT2D eigenvalue weighted by Crippen LogP contribution is 2.34. The van der Waals surface area contributed by atoms with Crippen molar-refractivity contribution in [3.63, 3.8) is 0 Å². The van der Waals surface area contributed by atoms with Crippen LogP contribution in [0.25, 0.3) is 0 Å². The monoisotopic (exact) mass is 163 g/mol. The quantitative estimate of drug-likeness (QED) is 0.642. The molecule has 0 amide bonds. The lowest BCUT2D eigenvalue weighted by Gasteiger charge is -2.08. The molecule has 2 nitrogen and oxygen atoms in total. The predicted octanol–water partition coefficient (Wildman–Crippen LogP) is 1.90. The molecule has 0 aliphatic heterocycles.